The zero-order valence-corrected chi connectivity index (χ0v) is 47.1. The Labute approximate surface area is 469 Å². The third kappa shape index (κ3) is 10.0. The summed E-state index contributed by atoms with van der Waals surface area (Å²) in [4.78, 5) is 41.5. The summed E-state index contributed by atoms with van der Waals surface area (Å²) in [5, 5.41) is 131. The first-order valence-corrected chi connectivity index (χ1v) is 28.2. The standard InChI is InChI=1S/C57H84O24/c1-52(2)17-18-57(51(72)81-49-44(39(65)37(63)31(23-59)76-49)78-47(71)25-9-11-28(73-7)29(19-25)74-8)27(20-52)26-10-12-33-53(3)15-14-35(54(4,24-60)32(53)13-16-55(33,5)56(26,6)21-34(57)61)77-50-45(41(67)40(66)43(79-50)46(69)70)80-48-42(68)38(64)36(62)30(22-58)75-48/h9-11,19,27,30-45,48-50,58-68H,12-18,20-24H2,1-8H3,(H,69,70)/t27-,30+,31+,32+,33+,34+,35-,36-,37-,38-,39-,40-,41-,42+,43-,44+,45+,48-,49-,50+,53-,54-,55+,56+,57+/m0/s1. The molecule has 0 spiro atoms. The molecule has 3 aliphatic heterocycles. The summed E-state index contributed by atoms with van der Waals surface area (Å²) in [6.45, 7) is 10.7. The molecule has 9 rings (SSSR count). The number of esters is 2. The number of ether oxygens (including phenoxy) is 9. The average Bonchev–Trinajstić information content (AvgIpc) is 2.63. The summed E-state index contributed by atoms with van der Waals surface area (Å²) >= 11 is 0. The molecule has 4 saturated carbocycles. The van der Waals surface area contributed by atoms with Gasteiger partial charge in [0.2, 0.25) is 6.29 Å². The first-order valence-electron chi connectivity index (χ1n) is 28.2. The van der Waals surface area contributed by atoms with Gasteiger partial charge in [-0.2, -0.15) is 0 Å². The Balaban J connectivity index is 0.996. The van der Waals surface area contributed by atoms with Crippen LogP contribution in [0.3, 0.4) is 0 Å². The van der Waals surface area contributed by atoms with Gasteiger partial charge in [-0.25, -0.2) is 9.59 Å². The van der Waals surface area contributed by atoms with E-state index in [2.05, 4.69) is 40.7 Å². The maximum Gasteiger partial charge on any atom is 0.338 e. The minimum atomic E-state index is -2.07. The Morgan fingerprint density at radius 3 is 1.91 bits per heavy atom. The largest absolute Gasteiger partial charge is 0.493 e. The molecule has 0 unspecified atom stereocenters. The van der Waals surface area contributed by atoms with Gasteiger partial charge in [-0.05, 0) is 115 Å². The number of carboxylic acids is 1. The number of aliphatic hydroxyl groups excluding tert-OH is 11. The predicted molar refractivity (Wildman–Crippen MR) is 276 cm³/mol. The highest BCUT2D eigenvalue weighted by Crippen LogP contribution is 2.76. The molecule has 0 radical (unpaired) electrons. The van der Waals surface area contributed by atoms with E-state index in [1.165, 1.54) is 32.4 Å². The number of aliphatic hydroxyl groups is 11. The van der Waals surface area contributed by atoms with Crippen LogP contribution < -0.4 is 9.47 Å². The van der Waals surface area contributed by atoms with E-state index in [0.29, 0.717) is 44.3 Å². The van der Waals surface area contributed by atoms with Gasteiger partial charge >= 0.3 is 17.9 Å². The van der Waals surface area contributed by atoms with E-state index in [-0.39, 0.29) is 47.8 Å². The van der Waals surface area contributed by atoms with Gasteiger partial charge in [-0.15, -0.1) is 0 Å². The Hall–Kier alpha value is -3.67. The van der Waals surface area contributed by atoms with Crippen LogP contribution in [0.15, 0.2) is 29.8 Å². The smallest absolute Gasteiger partial charge is 0.338 e. The zero-order valence-electron chi connectivity index (χ0n) is 47.1. The van der Waals surface area contributed by atoms with Gasteiger partial charge in [0, 0.05) is 5.41 Å². The molecule has 8 aliphatic rings. The molecule has 0 bridgehead atoms. The van der Waals surface area contributed by atoms with Crippen molar-refractivity contribution in [3.63, 3.8) is 0 Å². The third-order valence-corrected chi connectivity index (χ3v) is 21.3. The van der Waals surface area contributed by atoms with E-state index in [9.17, 15) is 70.9 Å². The second-order valence-corrected chi connectivity index (χ2v) is 25.9. The lowest BCUT2D eigenvalue weighted by Crippen LogP contribution is -2.69. The number of carbonyl (C=O) groups excluding carboxylic acids is 2. The molecular weight excluding hydrogens is 1070 g/mol. The van der Waals surface area contributed by atoms with Gasteiger partial charge in [-0.3, -0.25) is 4.79 Å². The molecule has 5 aliphatic carbocycles. The van der Waals surface area contributed by atoms with Crippen LogP contribution in [0.5, 0.6) is 11.5 Å². The number of hydrogen-bond donors (Lipinski definition) is 12. The van der Waals surface area contributed by atoms with E-state index in [1.54, 1.807) is 0 Å². The highest BCUT2D eigenvalue weighted by atomic mass is 16.8. The molecule has 0 amide bonds. The molecule has 24 nitrogen and oxygen atoms in total. The van der Waals surface area contributed by atoms with Gasteiger partial charge in [0.25, 0.3) is 0 Å². The minimum Gasteiger partial charge on any atom is -0.493 e. The summed E-state index contributed by atoms with van der Waals surface area (Å²) in [5.74, 6) is -3.84. The molecule has 3 saturated heterocycles. The van der Waals surface area contributed by atoms with E-state index < -0.39 is 175 Å². The van der Waals surface area contributed by atoms with Gasteiger partial charge in [0.1, 0.15) is 66.5 Å². The predicted octanol–water partition coefficient (Wildman–Crippen LogP) is 0.0579. The number of allylic oxidation sites excluding steroid dienone is 2. The van der Waals surface area contributed by atoms with E-state index >= 15 is 4.79 Å². The van der Waals surface area contributed by atoms with Crippen LogP contribution in [0.4, 0.5) is 0 Å². The molecule has 456 valence electrons. The number of carbonyl (C=O) groups is 3. The lowest BCUT2D eigenvalue weighted by molar-refractivity contribution is -0.375. The maximum absolute atomic E-state index is 15.4. The fourth-order valence-electron chi connectivity index (χ4n) is 16.4. The summed E-state index contributed by atoms with van der Waals surface area (Å²) in [7, 11) is 2.80. The normalized spacial score (nSPS) is 47.5. The summed E-state index contributed by atoms with van der Waals surface area (Å²) in [6, 6.07) is 4.23. The maximum atomic E-state index is 15.4. The van der Waals surface area contributed by atoms with Crippen molar-refractivity contribution >= 4 is 17.9 Å². The Kier molecular flexibility index (Phi) is 17.3. The summed E-state index contributed by atoms with van der Waals surface area (Å²) < 4.78 is 52.5. The molecular formula is C57H84O24. The number of methoxy groups -OCH3 is 2. The quantitative estimate of drug-likeness (QED) is 0.0665. The van der Waals surface area contributed by atoms with Crippen LogP contribution in [-0.4, -0.2) is 218 Å². The second-order valence-electron chi connectivity index (χ2n) is 25.9. The van der Waals surface area contributed by atoms with Crippen molar-refractivity contribution in [3.05, 3.63) is 35.4 Å². The fourth-order valence-corrected chi connectivity index (χ4v) is 16.4. The first kappa shape index (κ1) is 61.9. The lowest BCUT2D eigenvalue weighted by Gasteiger charge is -2.72. The molecule has 0 aromatic heterocycles. The Morgan fingerprint density at radius 2 is 1.28 bits per heavy atom. The van der Waals surface area contributed by atoms with E-state index in [4.69, 9.17) is 42.6 Å². The first-order chi connectivity index (χ1) is 38.1. The van der Waals surface area contributed by atoms with Gasteiger partial charge < -0.3 is 104 Å². The molecule has 1 aromatic carbocycles. The van der Waals surface area contributed by atoms with Crippen molar-refractivity contribution in [2.45, 2.75) is 204 Å². The van der Waals surface area contributed by atoms with Crippen LogP contribution in [0.1, 0.15) is 110 Å². The molecule has 3 heterocycles. The zero-order chi connectivity index (χ0) is 59.3. The van der Waals surface area contributed by atoms with E-state index in [1.807, 2.05) is 6.92 Å². The third-order valence-electron chi connectivity index (χ3n) is 21.3. The molecule has 7 fully saturated rings. The van der Waals surface area contributed by atoms with Gasteiger partial charge in [0.15, 0.2) is 36.3 Å². The Morgan fingerprint density at radius 1 is 0.642 bits per heavy atom. The molecule has 1 aromatic rings. The number of aliphatic carboxylic acids is 1. The average molecular weight is 1150 g/mol. The van der Waals surface area contributed by atoms with Crippen LogP contribution in [0.2, 0.25) is 0 Å². The molecule has 12 N–H and O–H groups in total. The minimum absolute atomic E-state index is 0.0246. The molecule has 25 atom stereocenters. The van der Waals surface area contributed by atoms with Crippen molar-refractivity contribution in [2.24, 2.45) is 50.2 Å². The van der Waals surface area contributed by atoms with Crippen molar-refractivity contribution in [2.75, 3.05) is 34.0 Å². The highest BCUT2D eigenvalue weighted by Gasteiger charge is 2.73. The second kappa shape index (κ2) is 22.6. The van der Waals surface area contributed by atoms with Crippen molar-refractivity contribution in [1.29, 1.82) is 0 Å². The highest BCUT2D eigenvalue weighted by molar-refractivity contribution is 5.90. The number of fused-ring (bicyclic) bond motifs is 7. The number of rotatable bonds is 14. The number of carboxylic acid groups (broad SMARTS) is 1. The van der Waals surface area contributed by atoms with Crippen LogP contribution in [-0.2, 0) is 42.7 Å². The van der Waals surface area contributed by atoms with Crippen molar-refractivity contribution in [3.8, 4) is 11.5 Å². The summed E-state index contributed by atoms with van der Waals surface area (Å²) in [5.41, 5.74) is -3.72. The SMILES string of the molecule is COc1ccc(C(=O)O[C@H]2[C@H](OC(=O)[C@]34CCC(C)(C)C[C@H]3C3=CC[C@@H]5[C@@]6(C)CC[C@H](O[C@@H]7O[C@H](C(=O)O)[C@@H](O)[C@H](O)[C@H]7O[C@@H]7O[C@H](CO)[C@H](O)[C@H](O)[C@H]7O)[C@@](C)(CO)[C@@H]6CC[C@@]5(C)[C@]3(C)C[C@H]4O)O[C@H](CO)[C@H](O)[C@@H]2O)cc1OC. The van der Waals surface area contributed by atoms with Gasteiger partial charge in [0.05, 0.1) is 51.8 Å². The van der Waals surface area contributed by atoms with Gasteiger partial charge in [-0.1, -0.05) is 53.2 Å². The Bertz CT molecular complexity index is 2510. The van der Waals surface area contributed by atoms with E-state index in [0.717, 1.165) is 5.57 Å². The van der Waals surface area contributed by atoms with Crippen molar-refractivity contribution in [1.82, 2.24) is 0 Å². The topological polar surface area (TPSA) is 377 Å². The molecule has 81 heavy (non-hydrogen) atoms. The number of benzene rings is 1. The molecule has 24 heteroatoms. The number of hydrogen-bond acceptors (Lipinski definition) is 23. The van der Waals surface area contributed by atoms with Crippen LogP contribution >= 0.6 is 0 Å². The van der Waals surface area contributed by atoms with Crippen LogP contribution in [0, 0.1) is 50.2 Å². The van der Waals surface area contributed by atoms with Crippen molar-refractivity contribution < 1.29 is 118 Å². The summed E-state index contributed by atoms with van der Waals surface area (Å²) in [6.07, 6.45) is -23.3. The monoisotopic (exact) mass is 1150 g/mol. The lowest BCUT2D eigenvalue weighted by atomic mass is 9.33. The fraction of sp³-hybridized carbons (Fsp3) is 0.807. The van der Waals surface area contributed by atoms with Crippen LogP contribution in [0.25, 0.3) is 0 Å².